The van der Waals surface area contributed by atoms with Crippen LogP contribution >= 0.6 is 0 Å². The lowest BCUT2D eigenvalue weighted by molar-refractivity contribution is 0.0594. The molecule has 1 aliphatic heterocycles. The summed E-state index contributed by atoms with van der Waals surface area (Å²) in [6.07, 6.45) is 4.49. The third-order valence-electron chi connectivity index (χ3n) is 5.06. The quantitative estimate of drug-likeness (QED) is 0.688. The number of esters is 1. The second kappa shape index (κ2) is 7.15. The number of pyridine rings is 2. The average Bonchev–Trinajstić information content (AvgIpc) is 3.08. The molecule has 28 heavy (non-hydrogen) atoms. The van der Waals surface area contributed by atoms with E-state index < -0.39 is 5.97 Å². The maximum absolute atomic E-state index is 12.4. The SMILES string of the molecule is COC(=O)c1cc(N2CCC(n3c(=O)[nH]c4ncccc43)CC2)c(C#N)cn1. The first kappa shape index (κ1) is 17.7. The molecule has 0 spiro atoms. The Morgan fingerprint density at radius 2 is 2.14 bits per heavy atom. The molecule has 1 N–H and O–H groups in total. The number of nitrogens with zero attached hydrogens (tertiary/aromatic N) is 5. The van der Waals surface area contributed by atoms with Crippen molar-refractivity contribution in [2.75, 3.05) is 25.1 Å². The van der Waals surface area contributed by atoms with Gasteiger partial charge in [0, 0.05) is 31.5 Å². The Bertz CT molecular complexity index is 1130. The van der Waals surface area contributed by atoms with Gasteiger partial charge in [-0.15, -0.1) is 0 Å². The first-order valence-corrected chi connectivity index (χ1v) is 8.91. The van der Waals surface area contributed by atoms with Crippen molar-refractivity contribution in [2.45, 2.75) is 18.9 Å². The molecule has 4 rings (SSSR count). The van der Waals surface area contributed by atoms with E-state index in [4.69, 9.17) is 4.74 Å². The van der Waals surface area contributed by atoms with Gasteiger partial charge in [-0.1, -0.05) is 0 Å². The van der Waals surface area contributed by atoms with Crippen LogP contribution in [0.1, 0.15) is 34.9 Å². The molecular formula is C19H18N6O3. The summed E-state index contributed by atoms with van der Waals surface area (Å²) in [5.74, 6) is -0.543. The van der Waals surface area contributed by atoms with Gasteiger partial charge in [-0.2, -0.15) is 5.26 Å². The Morgan fingerprint density at radius 1 is 1.36 bits per heavy atom. The molecule has 1 saturated heterocycles. The lowest BCUT2D eigenvalue weighted by atomic mass is 10.0. The monoisotopic (exact) mass is 378 g/mol. The molecule has 3 aromatic heterocycles. The molecule has 0 bridgehead atoms. The molecule has 0 atom stereocenters. The minimum absolute atomic E-state index is 0.0363. The van der Waals surface area contributed by atoms with Gasteiger partial charge < -0.3 is 9.64 Å². The van der Waals surface area contributed by atoms with Gasteiger partial charge in [0.25, 0.3) is 0 Å². The molecule has 0 unspecified atom stereocenters. The number of carbonyl (C=O) groups excluding carboxylic acids is 1. The fraction of sp³-hybridized carbons (Fsp3) is 0.316. The topological polar surface area (TPSA) is 117 Å². The van der Waals surface area contributed by atoms with E-state index in [0.29, 0.717) is 30.0 Å². The van der Waals surface area contributed by atoms with E-state index in [1.807, 2.05) is 17.0 Å². The molecule has 9 heteroatoms. The molecule has 1 fully saturated rings. The van der Waals surface area contributed by atoms with Crippen LogP contribution in [-0.4, -0.2) is 45.7 Å². The number of rotatable bonds is 3. The Kier molecular flexibility index (Phi) is 4.53. The highest BCUT2D eigenvalue weighted by Gasteiger charge is 2.26. The number of fused-ring (bicyclic) bond motifs is 1. The van der Waals surface area contributed by atoms with Crippen molar-refractivity contribution >= 4 is 22.8 Å². The lowest BCUT2D eigenvalue weighted by Gasteiger charge is -2.34. The molecular weight excluding hydrogens is 360 g/mol. The number of aromatic amines is 1. The highest BCUT2D eigenvalue weighted by atomic mass is 16.5. The number of methoxy groups -OCH3 is 1. The fourth-order valence-corrected chi connectivity index (χ4v) is 3.69. The summed E-state index contributed by atoms with van der Waals surface area (Å²) in [7, 11) is 1.29. The van der Waals surface area contributed by atoms with Gasteiger partial charge in [-0.05, 0) is 31.0 Å². The van der Waals surface area contributed by atoms with Crippen LogP contribution < -0.4 is 10.6 Å². The average molecular weight is 378 g/mol. The molecule has 1 aliphatic rings. The van der Waals surface area contributed by atoms with Crippen molar-refractivity contribution in [1.82, 2.24) is 19.5 Å². The van der Waals surface area contributed by atoms with Crippen molar-refractivity contribution in [3.05, 3.63) is 52.3 Å². The Balaban J connectivity index is 1.59. The van der Waals surface area contributed by atoms with Gasteiger partial charge in [-0.3, -0.25) is 9.55 Å². The maximum Gasteiger partial charge on any atom is 0.356 e. The Labute approximate surface area is 160 Å². The number of piperidine rings is 1. The van der Waals surface area contributed by atoms with E-state index in [0.717, 1.165) is 18.4 Å². The summed E-state index contributed by atoms with van der Waals surface area (Å²) >= 11 is 0. The van der Waals surface area contributed by atoms with Gasteiger partial charge in [0.05, 0.1) is 23.9 Å². The molecule has 3 aromatic rings. The van der Waals surface area contributed by atoms with Crippen LogP contribution in [0.15, 0.2) is 35.4 Å². The summed E-state index contributed by atoms with van der Waals surface area (Å²) < 4.78 is 6.48. The number of nitriles is 1. The number of H-pyrrole nitrogens is 1. The molecule has 142 valence electrons. The zero-order chi connectivity index (χ0) is 19.7. The largest absolute Gasteiger partial charge is 0.464 e. The molecule has 4 heterocycles. The van der Waals surface area contributed by atoms with Crippen LogP contribution in [0.4, 0.5) is 5.69 Å². The van der Waals surface area contributed by atoms with Crippen LogP contribution in [0.5, 0.6) is 0 Å². The maximum atomic E-state index is 12.4. The molecule has 0 amide bonds. The predicted molar refractivity (Wildman–Crippen MR) is 101 cm³/mol. The van der Waals surface area contributed by atoms with Crippen molar-refractivity contribution < 1.29 is 9.53 Å². The van der Waals surface area contributed by atoms with E-state index >= 15 is 0 Å². The van der Waals surface area contributed by atoms with Crippen molar-refractivity contribution in [2.24, 2.45) is 0 Å². The second-order valence-electron chi connectivity index (χ2n) is 6.58. The number of anilines is 1. The standard InChI is InChI=1S/C19H18N6O3/c1-28-18(26)14-9-16(12(10-20)11-22-14)24-7-4-13(5-8-24)25-15-3-2-6-21-17(15)23-19(25)27/h2-3,6,9,11,13H,4-5,7-8H2,1H3,(H,21,23,27). The lowest BCUT2D eigenvalue weighted by Crippen LogP contribution is -2.37. The number of carbonyl (C=O) groups is 1. The van der Waals surface area contributed by atoms with E-state index in [-0.39, 0.29) is 17.4 Å². The summed E-state index contributed by atoms with van der Waals surface area (Å²) in [6.45, 7) is 1.28. The van der Waals surface area contributed by atoms with Crippen molar-refractivity contribution in [1.29, 1.82) is 5.26 Å². The van der Waals surface area contributed by atoms with Crippen LogP contribution in [0, 0.1) is 11.3 Å². The molecule has 0 aliphatic carbocycles. The number of aromatic nitrogens is 4. The van der Waals surface area contributed by atoms with Gasteiger partial charge in [0.2, 0.25) is 0 Å². The number of ether oxygens (including phenoxy) is 1. The van der Waals surface area contributed by atoms with Gasteiger partial charge in [-0.25, -0.2) is 19.6 Å². The van der Waals surface area contributed by atoms with E-state index in [2.05, 4.69) is 21.0 Å². The third-order valence-corrected chi connectivity index (χ3v) is 5.06. The van der Waals surface area contributed by atoms with Gasteiger partial charge in [0.1, 0.15) is 11.8 Å². The van der Waals surface area contributed by atoms with Crippen LogP contribution in [0.2, 0.25) is 0 Å². The normalized spacial score (nSPS) is 14.8. The predicted octanol–water partition coefficient (Wildman–Crippen LogP) is 1.62. The Morgan fingerprint density at radius 3 is 2.86 bits per heavy atom. The zero-order valence-electron chi connectivity index (χ0n) is 15.3. The molecule has 0 aromatic carbocycles. The van der Waals surface area contributed by atoms with Gasteiger partial charge >= 0.3 is 11.7 Å². The summed E-state index contributed by atoms with van der Waals surface area (Å²) in [6, 6.07) is 7.44. The fourth-order valence-electron chi connectivity index (χ4n) is 3.69. The summed E-state index contributed by atoms with van der Waals surface area (Å²) in [5.41, 5.74) is 2.43. The minimum Gasteiger partial charge on any atom is -0.464 e. The third kappa shape index (κ3) is 2.99. The van der Waals surface area contributed by atoms with E-state index in [9.17, 15) is 14.9 Å². The minimum atomic E-state index is -0.543. The Hall–Kier alpha value is -3.67. The molecule has 9 nitrogen and oxygen atoms in total. The summed E-state index contributed by atoms with van der Waals surface area (Å²) in [4.78, 5) is 37.2. The second-order valence-corrected chi connectivity index (χ2v) is 6.58. The van der Waals surface area contributed by atoms with Crippen molar-refractivity contribution in [3.8, 4) is 6.07 Å². The molecule has 0 saturated carbocycles. The number of hydrogen-bond donors (Lipinski definition) is 1. The highest BCUT2D eigenvalue weighted by molar-refractivity contribution is 5.88. The van der Waals surface area contributed by atoms with Crippen LogP contribution in [-0.2, 0) is 4.74 Å². The number of hydrogen-bond acceptors (Lipinski definition) is 7. The van der Waals surface area contributed by atoms with Gasteiger partial charge in [0.15, 0.2) is 5.65 Å². The first-order valence-electron chi connectivity index (χ1n) is 8.91. The number of nitrogens with one attached hydrogen (secondary N) is 1. The van der Waals surface area contributed by atoms with E-state index in [1.54, 1.807) is 16.8 Å². The number of imidazole rings is 1. The zero-order valence-corrected chi connectivity index (χ0v) is 15.3. The molecule has 0 radical (unpaired) electrons. The first-order chi connectivity index (χ1) is 13.6. The van der Waals surface area contributed by atoms with Crippen molar-refractivity contribution in [3.63, 3.8) is 0 Å². The van der Waals surface area contributed by atoms with Crippen LogP contribution in [0.3, 0.4) is 0 Å². The smallest absolute Gasteiger partial charge is 0.356 e. The summed E-state index contributed by atoms with van der Waals surface area (Å²) in [5, 5.41) is 9.40. The highest BCUT2D eigenvalue weighted by Crippen LogP contribution is 2.29. The van der Waals surface area contributed by atoms with Crippen LogP contribution in [0.25, 0.3) is 11.2 Å². The van der Waals surface area contributed by atoms with E-state index in [1.165, 1.54) is 13.3 Å².